The van der Waals surface area contributed by atoms with Gasteiger partial charge in [-0.3, -0.25) is 4.79 Å². The van der Waals surface area contributed by atoms with Crippen LogP contribution in [0.5, 0.6) is 11.5 Å². The molecule has 1 aliphatic rings. The number of fused-ring (bicyclic) bond motifs is 1. The first-order valence-corrected chi connectivity index (χ1v) is 12.0. The van der Waals surface area contributed by atoms with Gasteiger partial charge in [-0.2, -0.15) is 0 Å². The molecule has 5 heteroatoms. The summed E-state index contributed by atoms with van der Waals surface area (Å²) in [6, 6.07) is 16.2. The van der Waals surface area contributed by atoms with Gasteiger partial charge in [0.05, 0.1) is 7.11 Å². The van der Waals surface area contributed by atoms with Crippen LogP contribution in [0.3, 0.4) is 0 Å². The highest BCUT2D eigenvalue weighted by Crippen LogP contribution is 2.50. The number of hydrogen-bond donors (Lipinski definition) is 2. The van der Waals surface area contributed by atoms with E-state index in [2.05, 4.69) is 27.7 Å². The van der Waals surface area contributed by atoms with Crippen LogP contribution in [0.15, 0.2) is 60.7 Å². The van der Waals surface area contributed by atoms with Crippen LogP contribution in [0.2, 0.25) is 0 Å². The predicted octanol–water partition coefficient (Wildman–Crippen LogP) is 7.01. The van der Waals surface area contributed by atoms with Crippen LogP contribution in [0, 0.1) is 0 Å². The molecule has 4 rings (SSSR count). The Hall–Kier alpha value is -3.86. The molecular weight excluding hydrogens is 452 g/mol. The number of ether oxygens (including phenoxy) is 1. The van der Waals surface area contributed by atoms with Gasteiger partial charge in [0.25, 0.3) is 0 Å². The van der Waals surface area contributed by atoms with Crippen LogP contribution in [0.4, 0.5) is 0 Å². The van der Waals surface area contributed by atoms with Crippen molar-refractivity contribution in [1.29, 1.82) is 0 Å². The Morgan fingerprint density at radius 1 is 0.917 bits per heavy atom. The zero-order valence-corrected chi connectivity index (χ0v) is 21.4. The number of benzene rings is 3. The lowest BCUT2D eigenvalue weighted by Gasteiger charge is -2.43. The van der Waals surface area contributed by atoms with E-state index in [0.29, 0.717) is 11.1 Å². The van der Waals surface area contributed by atoms with Crippen molar-refractivity contribution in [3.63, 3.8) is 0 Å². The maximum atomic E-state index is 13.4. The number of carbonyl (C=O) groups is 2. The van der Waals surface area contributed by atoms with E-state index in [-0.39, 0.29) is 27.9 Å². The summed E-state index contributed by atoms with van der Waals surface area (Å²) in [5.74, 6) is -0.922. The Balaban J connectivity index is 1.81. The van der Waals surface area contributed by atoms with Crippen molar-refractivity contribution in [2.24, 2.45) is 0 Å². The summed E-state index contributed by atoms with van der Waals surface area (Å²) in [6.07, 6.45) is 5.14. The average molecular weight is 485 g/mol. The van der Waals surface area contributed by atoms with E-state index in [9.17, 15) is 14.7 Å². The Labute approximate surface area is 212 Å². The fourth-order valence-corrected chi connectivity index (χ4v) is 5.03. The Morgan fingerprint density at radius 3 is 2.19 bits per heavy atom. The number of methoxy groups -OCH3 is 1. The van der Waals surface area contributed by atoms with E-state index in [1.54, 1.807) is 19.3 Å². The van der Waals surface area contributed by atoms with Crippen molar-refractivity contribution in [1.82, 2.24) is 0 Å². The molecule has 0 aromatic heterocycles. The summed E-state index contributed by atoms with van der Waals surface area (Å²) >= 11 is 0. The number of carbonyl (C=O) groups excluding carboxylic acids is 1. The summed E-state index contributed by atoms with van der Waals surface area (Å²) in [5, 5.41) is 19.1. The van der Waals surface area contributed by atoms with Gasteiger partial charge >= 0.3 is 5.97 Å². The molecule has 0 spiro atoms. The summed E-state index contributed by atoms with van der Waals surface area (Å²) < 4.78 is 5.34. The first kappa shape index (κ1) is 25.2. The number of allylic oxidation sites excluding steroid dienone is 1. The van der Waals surface area contributed by atoms with Gasteiger partial charge in [0.15, 0.2) is 5.78 Å². The lowest BCUT2D eigenvalue weighted by molar-refractivity contribution is 0.0693. The van der Waals surface area contributed by atoms with Gasteiger partial charge in [0.1, 0.15) is 17.1 Å². The molecule has 0 bridgehead atoms. The zero-order chi connectivity index (χ0) is 26.3. The van der Waals surface area contributed by atoms with Crippen molar-refractivity contribution in [3.8, 4) is 22.6 Å². The number of aromatic hydroxyl groups is 1. The fourth-order valence-electron chi connectivity index (χ4n) is 5.03. The van der Waals surface area contributed by atoms with Gasteiger partial charge in [-0.1, -0.05) is 52.0 Å². The van der Waals surface area contributed by atoms with E-state index in [1.807, 2.05) is 36.4 Å². The Morgan fingerprint density at radius 2 is 1.58 bits per heavy atom. The highest BCUT2D eigenvalue weighted by Gasteiger charge is 2.39. The largest absolute Gasteiger partial charge is 0.507 e. The SMILES string of the molecule is COc1ccc(-c2cc(C(=O)/C=C\c3ccc(C(=O)O)c(O)c3)cc3c2C(C)(C)CCC3(C)C)cc1. The van der Waals surface area contributed by atoms with Crippen molar-refractivity contribution < 1.29 is 24.5 Å². The van der Waals surface area contributed by atoms with E-state index < -0.39 is 5.97 Å². The molecule has 0 fully saturated rings. The van der Waals surface area contributed by atoms with Crippen molar-refractivity contribution in [3.05, 3.63) is 88.5 Å². The van der Waals surface area contributed by atoms with Crippen LogP contribution in [0.1, 0.15) is 77.9 Å². The molecule has 2 N–H and O–H groups in total. The second-order valence-electron chi connectivity index (χ2n) is 10.7. The highest BCUT2D eigenvalue weighted by atomic mass is 16.5. The molecule has 0 heterocycles. The van der Waals surface area contributed by atoms with E-state index in [4.69, 9.17) is 9.84 Å². The maximum absolute atomic E-state index is 13.4. The van der Waals surface area contributed by atoms with Gasteiger partial charge in [0.2, 0.25) is 0 Å². The molecule has 0 atom stereocenters. The second kappa shape index (κ2) is 9.30. The van der Waals surface area contributed by atoms with Crippen LogP contribution in [-0.4, -0.2) is 29.1 Å². The number of hydrogen-bond acceptors (Lipinski definition) is 4. The van der Waals surface area contributed by atoms with Crippen LogP contribution in [0.25, 0.3) is 17.2 Å². The summed E-state index contributed by atoms with van der Waals surface area (Å²) in [6.45, 7) is 9.00. The van der Waals surface area contributed by atoms with Crippen LogP contribution >= 0.6 is 0 Å². The number of aromatic carboxylic acids is 1. The van der Waals surface area contributed by atoms with Crippen molar-refractivity contribution in [2.45, 2.75) is 51.4 Å². The third-order valence-electron chi connectivity index (χ3n) is 7.28. The standard InChI is InChI=1S/C31H32O5/c1-30(2)14-15-31(3,4)28-24(20-8-10-22(36-5)11-9-20)17-21(18-25(28)30)26(32)13-7-19-6-12-23(29(34)35)27(33)16-19/h6-13,16-18,33H,14-15H2,1-5H3,(H,34,35)/b13-7-. The number of rotatable bonds is 6. The number of carboxylic acid groups (broad SMARTS) is 1. The molecule has 0 saturated heterocycles. The molecule has 186 valence electrons. The van der Waals surface area contributed by atoms with Gasteiger partial charge < -0.3 is 14.9 Å². The first-order chi connectivity index (χ1) is 16.9. The second-order valence-corrected chi connectivity index (χ2v) is 10.7. The summed E-state index contributed by atoms with van der Waals surface area (Å²) in [5.41, 5.74) is 5.38. The van der Waals surface area contributed by atoms with E-state index >= 15 is 0 Å². The zero-order valence-electron chi connectivity index (χ0n) is 21.4. The fraction of sp³-hybridized carbons (Fsp3) is 0.290. The minimum atomic E-state index is -1.20. The van der Waals surface area contributed by atoms with Gasteiger partial charge in [-0.05, 0) is 94.0 Å². The van der Waals surface area contributed by atoms with Crippen molar-refractivity contribution in [2.75, 3.05) is 7.11 Å². The van der Waals surface area contributed by atoms with E-state index in [1.165, 1.54) is 29.3 Å². The van der Waals surface area contributed by atoms with Crippen LogP contribution < -0.4 is 4.74 Å². The number of phenols is 1. The highest BCUT2D eigenvalue weighted by molar-refractivity contribution is 6.08. The van der Waals surface area contributed by atoms with Crippen LogP contribution in [-0.2, 0) is 10.8 Å². The topological polar surface area (TPSA) is 83.8 Å². The quantitative estimate of drug-likeness (QED) is 0.290. The third-order valence-corrected chi connectivity index (χ3v) is 7.28. The van der Waals surface area contributed by atoms with Gasteiger partial charge in [-0.25, -0.2) is 4.79 Å². The lowest BCUT2D eigenvalue weighted by Crippen LogP contribution is -2.34. The summed E-state index contributed by atoms with van der Waals surface area (Å²) in [7, 11) is 1.64. The molecule has 0 radical (unpaired) electrons. The van der Waals surface area contributed by atoms with E-state index in [0.717, 1.165) is 29.7 Å². The normalized spacial score (nSPS) is 15.9. The average Bonchev–Trinajstić information content (AvgIpc) is 2.84. The number of ketones is 1. The molecule has 36 heavy (non-hydrogen) atoms. The molecule has 1 aliphatic carbocycles. The number of carboxylic acids is 1. The molecule has 5 nitrogen and oxygen atoms in total. The minimum Gasteiger partial charge on any atom is -0.507 e. The molecule has 3 aromatic rings. The Kier molecular flexibility index (Phi) is 6.52. The van der Waals surface area contributed by atoms with Gasteiger partial charge in [0, 0.05) is 5.56 Å². The lowest BCUT2D eigenvalue weighted by atomic mass is 9.61. The third kappa shape index (κ3) is 4.78. The first-order valence-electron chi connectivity index (χ1n) is 12.0. The monoisotopic (exact) mass is 484 g/mol. The molecule has 0 aliphatic heterocycles. The maximum Gasteiger partial charge on any atom is 0.339 e. The smallest absolute Gasteiger partial charge is 0.339 e. The molecule has 0 saturated carbocycles. The van der Waals surface area contributed by atoms with Gasteiger partial charge in [-0.15, -0.1) is 0 Å². The molecule has 3 aromatic carbocycles. The predicted molar refractivity (Wildman–Crippen MR) is 142 cm³/mol. The minimum absolute atomic E-state index is 0.0407. The summed E-state index contributed by atoms with van der Waals surface area (Å²) in [4.78, 5) is 24.5. The Bertz CT molecular complexity index is 1360. The van der Waals surface area contributed by atoms with Crippen molar-refractivity contribution >= 4 is 17.8 Å². The molecular formula is C31H32O5. The molecule has 0 unspecified atom stereocenters. The molecule has 0 amide bonds.